The molecule has 0 saturated carbocycles. The first-order valence-corrected chi connectivity index (χ1v) is 16.8. The van der Waals surface area contributed by atoms with E-state index in [0.29, 0.717) is 24.3 Å². The van der Waals surface area contributed by atoms with Crippen LogP contribution in [0.2, 0.25) is 0 Å². The number of rotatable bonds is 10. The van der Waals surface area contributed by atoms with Crippen LogP contribution in [0.15, 0.2) is 91.0 Å². The second kappa shape index (κ2) is 14.6. The lowest BCUT2D eigenvalue weighted by atomic mass is 9.82. The van der Waals surface area contributed by atoms with Gasteiger partial charge in [-0.3, -0.25) is 9.69 Å². The van der Waals surface area contributed by atoms with E-state index < -0.39 is 11.5 Å². The van der Waals surface area contributed by atoms with Gasteiger partial charge in [0.25, 0.3) is 0 Å². The van der Waals surface area contributed by atoms with Crippen molar-refractivity contribution in [2.45, 2.75) is 86.9 Å². The highest BCUT2D eigenvalue weighted by molar-refractivity contribution is 5.78. The highest BCUT2D eigenvalue weighted by Crippen LogP contribution is 2.48. The molecule has 4 aliphatic heterocycles. The summed E-state index contributed by atoms with van der Waals surface area (Å²) in [5.41, 5.74) is 1.89. The molecule has 2 N–H and O–H groups in total. The van der Waals surface area contributed by atoms with E-state index in [9.17, 15) is 15.0 Å². The van der Waals surface area contributed by atoms with Crippen molar-refractivity contribution in [1.82, 2.24) is 9.80 Å². The van der Waals surface area contributed by atoms with Gasteiger partial charge in [-0.15, -0.1) is 0 Å². The minimum atomic E-state index is -0.891. The van der Waals surface area contributed by atoms with Gasteiger partial charge in [-0.25, -0.2) is 0 Å². The van der Waals surface area contributed by atoms with Crippen molar-refractivity contribution in [3.8, 4) is 0 Å². The van der Waals surface area contributed by atoms with Crippen LogP contribution in [0.4, 0.5) is 0 Å². The third-order valence-corrected chi connectivity index (χ3v) is 10.3. The van der Waals surface area contributed by atoms with Crippen molar-refractivity contribution in [1.29, 1.82) is 0 Å². The van der Waals surface area contributed by atoms with Crippen molar-refractivity contribution in [2.24, 2.45) is 0 Å². The zero-order chi connectivity index (χ0) is 31.2. The van der Waals surface area contributed by atoms with Crippen LogP contribution < -0.4 is 0 Å². The van der Waals surface area contributed by atoms with E-state index in [1.54, 1.807) is 0 Å². The molecule has 0 amide bonds. The van der Waals surface area contributed by atoms with E-state index in [2.05, 4.69) is 16.8 Å². The quantitative estimate of drug-likeness (QED) is 0.243. The molecular formula is C38H48N2O5. The minimum absolute atomic E-state index is 0.0622. The van der Waals surface area contributed by atoms with E-state index in [0.717, 1.165) is 48.9 Å². The monoisotopic (exact) mass is 612 g/mol. The number of likely N-dealkylation sites (N-methyl/N-ethyl adjacent to an activating group) is 1. The molecule has 6 atom stereocenters. The van der Waals surface area contributed by atoms with Crippen molar-refractivity contribution in [3.05, 3.63) is 108 Å². The molecule has 3 aromatic rings. The van der Waals surface area contributed by atoms with Crippen molar-refractivity contribution >= 4 is 5.97 Å². The average molecular weight is 613 g/mol. The number of aliphatic hydroxyl groups is 2. The maximum atomic E-state index is 12.4. The van der Waals surface area contributed by atoms with E-state index >= 15 is 0 Å². The van der Waals surface area contributed by atoms with Gasteiger partial charge in [-0.1, -0.05) is 97.4 Å². The molecule has 3 aromatic carbocycles. The van der Waals surface area contributed by atoms with Gasteiger partial charge in [0, 0.05) is 24.9 Å². The first-order valence-electron chi connectivity index (χ1n) is 16.8. The number of morpholine rings is 1. The molecule has 7 rings (SSSR count). The third-order valence-electron chi connectivity index (χ3n) is 10.3. The van der Waals surface area contributed by atoms with Crippen LogP contribution in [-0.4, -0.2) is 89.7 Å². The second-order valence-electron chi connectivity index (χ2n) is 13.1. The Balaban J connectivity index is 0.000000159. The number of aliphatic hydroxyl groups excluding tert-OH is 1. The van der Waals surface area contributed by atoms with Gasteiger partial charge in [0.1, 0.15) is 29.8 Å². The maximum absolute atomic E-state index is 12.4. The van der Waals surface area contributed by atoms with Crippen molar-refractivity contribution in [3.63, 3.8) is 0 Å². The molecule has 4 aliphatic rings. The van der Waals surface area contributed by atoms with Crippen molar-refractivity contribution in [2.75, 3.05) is 33.3 Å². The fourth-order valence-electron chi connectivity index (χ4n) is 7.67. The zero-order valence-corrected chi connectivity index (χ0v) is 26.4. The Bertz CT molecular complexity index is 1290. The molecule has 0 unspecified atom stereocenters. The zero-order valence-electron chi connectivity index (χ0n) is 26.4. The number of nitrogens with zero attached hydrogens (tertiary/aromatic N) is 2. The number of piperidine rings is 2. The molecule has 0 radical (unpaired) electrons. The molecule has 4 fully saturated rings. The second-order valence-corrected chi connectivity index (χ2v) is 13.1. The minimum Gasteiger partial charge on any atom is -0.462 e. The smallest absolute Gasteiger partial charge is 0.316 e. The fraction of sp³-hybridized carbons (Fsp3) is 0.500. The average Bonchev–Trinajstić information content (AvgIpc) is 3.86. The van der Waals surface area contributed by atoms with E-state index in [4.69, 9.17) is 9.47 Å². The van der Waals surface area contributed by atoms with Gasteiger partial charge in [0.15, 0.2) is 0 Å². The van der Waals surface area contributed by atoms with Gasteiger partial charge in [-0.2, -0.15) is 0 Å². The van der Waals surface area contributed by atoms with Crippen LogP contribution in [-0.2, 0) is 19.9 Å². The Morgan fingerprint density at radius 1 is 0.867 bits per heavy atom. The Morgan fingerprint density at radius 3 is 1.93 bits per heavy atom. The molecule has 4 saturated heterocycles. The summed E-state index contributed by atoms with van der Waals surface area (Å²) in [4.78, 5) is 17.3. The van der Waals surface area contributed by atoms with Gasteiger partial charge in [-0.05, 0) is 69.1 Å². The Morgan fingerprint density at radius 2 is 1.40 bits per heavy atom. The summed E-state index contributed by atoms with van der Waals surface area (Å²) < 4.78 is 11.4. The summed E-state index contributed by atoms with van der Waals surface area (Å²) in [5.74, 6) is -0.915. The van der Waals surface area contributed by atoms with Crippen LogP contribution in [0.1, 0.15) is 67.6 Å². The number of hydrogen-bond donors (Lipinski definition) is 2. The maximum Gasteiger partial charge on any atom is 0.316 e. The first-order chi connectivity index (χ1) is 22.0. The summed E-state index contributed by atoms with van der Waals surface area (Å²) in [6.07, 6.45) is 8.05. The van der Waals surface area contributed by atoms with Gasteiger partial charge in [0.05, 0.1) is 6.61 Å². The van der Waals surface area contributed by atoms with Crippen LogP contribution in [0.25, 0.3) is 0 Å². The Hall–Kier alpha value is -3.07. The highest BCUT2D eigenvalue weighted by Gasteiger charge is 2.62. The van der Waals surface area contributed by atoms with Gasteiger partial charge < -0.3 is 24.6 Å². The standard InChI is InChI=1S/C21H27NO.C17H21NO4/c23-21(19-11-4-1-5-12-19,20-13-6-2-7-14-20)15-10-18-22-16-8-3-9-17-22;1-18-13-7-11(8-14(18)16-15(13)22-16)21-17(20)12(9-19)10-5-3-2-4-6-10/h1-2,4-7,11-14,23H,3,8-10,15-18H2;2-6,11-16,19H,7-9H2,1H3/t;11-,12-,13-,14+,15-,16+/m.1/s1. The topological polar surface area (TPSA) is 85.8 Å². The molecule has 7 heteroatoms. The number of carbonyl (C=O) groups excluding carboxylic acids is 1. The largest absolute Gasteiger partial charge is 0.462 e. The van der Waals surface area contributed by atoms with Crippen LogP contribution in [0.3, 0.4) is 0 Å². The Labute approximate surface area is 267 Å². The molecular weight excluding hydrogens is 564 g/mol. The lowest BCUT2D eigenvalue weighted by Crippen LogP contribution is -2.48. The molecule has 240 valence electrons. The van der Waals surface area contributed by atoms with E-state index in [-0.39, 0.29) is 18.7 Å². The number of epoxide rings is 1. The number of ether oxygens (including phenoxy) is 2. The molecule has 0 spiro atoms. The van der Waals surface area contributed by atoms with Gasteiger partial charge >= 0.3 is 5.97 Å². The summed E-state index contributed by atoms with van der Waals surface area (Å²) in [7, 11) is 2.13. The van der Waals surface area contributed by atoms with Gasteiger partial charge in [0.2, 0.25) is 0 Å². The lowest BCUT2D eigenvalue weighted by Gasteiger charge is -2.38. The molecule has 0 aromatic heterocycles. The summed E-state index contributed by atoms with van der Waals surface area (Å²) in [6, 6.07) is 30.2. The third kappa shape index (κ3) is 7.34. The number of benzene rings is 3. The van der Waals surface area contributed by atoms with Crippen LogP contribution in [0, 0.1) is 0 Å². The first kappa shape index (κ1) is 31.9. The van der Waals surface area contributed by atoms with Crippen molar-refractivity contribution < 1.29 is 24.5 Å². The SMILES string of the molecule is CN1[C@@H]2C[C@@H](OC(=O)[C@H](CO)c3ccccc3)C[C@H]1[C@@H]1O[C@@H]12.OC(CCCN1CCCCC1)(c1ccccc1)c1ccccc1. The number of fused-ring (bicyclic) bond motifs is 5. The molecule has 45 heavy (non-hydrogen) atoms. The highest BCUT2D eigenvalue weighted by atomic mass is 16.6. The number of carbonyl (C=O) groups is 1. The number of esters is 1. The number of hydrogen-bond acceptors (Lipinski definition) is 7. The van der Waals surface area contributed by atoms with E-state index in [1.807, 2.05) is 91.0 Å². The Kier molecular flexibility index (Phi) is 10.3. The molecule has 0 aliphatic carbocycles. The summed E-state index contributed by atoms with van der Waals surface area (Å²) >= 11 is 0. The number of likely N-dealkylation sites (tertiary alicyclic amines) is 1. The normalized spacial score (nSPS) is 26.7. The van der Waals surface area contributed by atoms with Crippen LogP contribution >= 0.6 is 0 Å². The molecule has 4 heterocycles. The molecule has 2 bridgehead atoms. The summed E-state index contributed by atoms with van der Waals surface area (Å²) in [6.45, 7) is 3.29. The predicted molar refractivity (Wildman–Crippen MR) is 175 cm³/mol. The van der Waals surface area contributed by atoms with Crippen LogP contribution in [0.5, 0.6) is 0 Å². The predicted octanol–water partition coefficient (Wildman–Crippen LogP) is 5.11. The van der Waals surface area contributed by atoms with E-state index in [1.165, 1.54) is 32.4 Å². The summed E-state index contributed by atoms with van der Waals surface area (Å²) in [5, 5.41) is 21.0. The molecule has 7 nitrogen and oxygen atoms in total. The fourth-order valence-corrected chi connectivity index (χ4v) is 7.67. The lowest BCUT2D eigenvalue weighted by molar-refractivity contribution is -0.156.